The Labute approximate surface area is 235 Å². The Bertz CT molecular complexity index is 739. The summed E-state index contributed by atoms with van der Waals surface area (Å²) in [5, 5.41) is 0. The first-order valence-electron chi connectivity index (χ1n) is 16.2. The van der Waals surface area contributed by atoms with E-state index in [0.717, 1.165) is 30.0 Å². The van der Waals surface area contributed by atoms with E-state index in [1.54, 1.807) is 0 Å². The first kappa shape index (κ1) is 32.1. The molecule has 2 aromatic rings. The van der Waals surface area contributed by atoms with E-state index in [4.69, 9.17) is 4.74 Å². The first-order valence-corrected chi connectivity index (χ1v) is 16.2. The lowest BCUT2D eigenvalue weighted by molar-refractivity contribution is 0.304. The van der Waals surface area contributed by atoms with Crippen molar-refractivity contribution in [3.8, 4) is 5.75 Å². The van der Waals surface area contributed by atoms with Crippen LogP contribution in [0.15, 0.2) is 53.5 Å². The van der Waals surface area contributed by atoms with E-state index in [2.05, 4.69) is 67.4 Å². The highest BCUT2D eigenvalue weighted by Crippen LogP contribution is 2.18. The molecule has 0 saturated carbocycles. The summed E-state index contributed by atoms with van der Waals surface area (Å²) in [5.41, 5.74) is 3.55. The van der Waals surface area contributed by atoms with Crippen LogP contribution in [0.1, 0.15) is 147 Å². The van der Waals surface area contributed by atoms with Gasteiger partial charge in [-0.15, -0.1) is 0 Å². The number of ether oxygens (including phenoxy) is 1. The van der Waals surface area contributed by atoms with Crippen molar-refractivity contribution in [3.63, 3.8) is 0 Å². The van der Waals surface area contributed by atoms with Crippen molar-refractivity contribution in [3.05, 3.63) is 59.7 Å². The first-order chi connectivity index (χ1) is 18.8. The Hall–Kier alpha value is -2.09. The van der Waals surface area contributed by atoms with Gasteiger partial charge in [-0.2, -0.15) is 0 Å². The van der Waals surface area contributed by atoms with Gasteiger partial charge in [-0.3, -0.25) is 4.99 Å². The fraction of sp³-hybridized carbons (Fsp3) is 0.639. The molecule has 0 bridgehead atoms. The third-order valence-corrected chi connectivity index (χ3v) is 7.51. The van der Waals surface area contributed by atoms with Gasteiger partial charge >= 0.3 is 0 Å². The molecule has 2 nitrogen and oxygen atoms in total. The van der Waals surface area contributed by atoms with Crippen molar-refractivity contribution >= 4 is 11.9 Å². The van der Waals surface area contributed by atoms with Gasteiger partial charge in [0.05, 0.1) is 12.3 Å². The zero-order valence-corrected chi connectivity index (χ0v) is 24.9. The molecule has 0 atom stereocenters. The van der Waals surface area contributed by atoms with E-state index in [1.165, 1.54) is 128 Å². The minimum Gasteiger partial charge on any atom is -0.494 e. The average Bonchev–Trinajstić information content (AvgIpc) is 2.95. The maximum Gasteiger partial charge on any atom is 0.119 e. The molecule has 38 heavy (non-hydrogen) atoms. The standard InChI is InChI=1S/C36H57NO/c1-3-5-7-9-11-13-14-16-18-20-22-33-23-27-35(28-24-33)37-32-34-25-29-36(30-26-34)38-31-21-19-17-15-12-10-8-6-4-2/h23-30,32H,3-22,31H2,1-2H3. The third kappa shape index (κ3) is 16.7. The molecule has 0 unspecified atom stereocenters. The van der Waals surface area contributed by atoms with Gasteiger partial charge in [0.1, 0.15) is 5.75 Å². The number of nitrogens with zero attached hydrogens (tertiary/aromatic N) is 1. The minimum absolute atomic E-state index is 0.814. The molecular formula is C36H57NO. The normalized spacial score (nSPS) is 11.4. The van der Waals surface area contributed by atoms with Crippen molar-refractivity contribution < 1.29 is 4.74 Å². The molecule has 0 radical (unpaired) electrons. The number of hydrogen-bond donors (Lipinski definition) is 0. The van der Waals surface area contributed by atoms with Gasteiger partial charge in [0, 0.05) is 6.21 Å². The Balaban J connectivity index is 1.53. The second-order valence-electron chi connectivity index (χ2n) is 11.1. The summed E-state index contributed by atoms with van der Waals surface area (Å²) >= 11 is 0. The lowest BCUT2D eigenvalue weighted by Gasteiger charge is -2.06. The molecule has 212 valence electrons. The molecule has 0 N–H and O–H groups in total. The molecule has 0 aromatic heterocycles. The van der Waals surface area contributed by atoms with Crippen molar-refractivity contribution in [1.82, 2.24) is 0 Å². The maximum absolute atomic E-state index is 5.93. The Morgan fingerprint density at radius 3 is 1.53 bits per heavy atom. The van der Waals surface area contributed by atoms with Gasteiger partial charge in [0.25, 0.3) is 0 Å². The second kappa shape index (κ2) is 22.9. The zero-order valence-electron chi connectivity index (χ0n) is 24.9. The van der Waals surface area contributed by atoms with Gasteiger partial charge in [-0.05, 0) is 66.8 Å². The van der Waals surface area contributed by atoms with E-state index in [1.807, 2.05) is 6.21 Å². The molecular weight excluding hydrogens is 462 g/mol. The number of aliphatic imine (C=N–C) groups is 1. The molecule has 2 heteroatoms. The molecule has 0 aliphatic carbocycles. The van der Waals surface area contributed by atoms with Crippen LogP contribution >= 0.6 is 0 Å². The summed E-state index contributed by atoms with van der Waals surface area (Å²) in [5.74, 6) is 0.957. The number of benzene rings is 2. The van der Waals surface area contributed by atoms with Crippen LogP contribution in [0.2, 0.25) is 0 Å². The van der Waals surface area contributed by atoms with Crippen LogP contribution < -0.4 is 4.74 Å². The smallest absolute Gasteiger partial charge is 0.119 e. The highest BCUT2D eigenvalue weighted by atomic mass is 16.5. The predicted octanol–water partition coefficient (Wildman–Crippen LogP) is 11.8. The molecule has 0 spiro atoms. The van der Waals surface area contributed by atoms with Crippen LogP contribution in [-0.4, -0.2) is 12.8 Å². The average molecular weight is 520 g/mol. The van der Waals surface area contributed by atoms with Crippen molar-refractivity contribution in [1.29, 1.82) is 0 Å². The van der Waals surface area contributed by atoms with Gasteiger partial charge in [-0.1, -0.05) is 135 Å². The van der Waals surface area contributed by atoms with E-state index in [-0.39, 0.29) is 0 Å². The molecule has 0 amide bonds. The van der Waals surface area contributed by atoms with Crippen LogP contribution in [0.4, 0.5) is 5.69 Å². The van der Waals surface area contributed by atoms with E-state index >= 15 is 0 Å². The molecule has 0 fully saturated rings. The highest BCUT2D eigenvalue weighted by molar-refractivity contribution is 5.82. The largest absolute Gasteiger partial charge is 0.494 e. The number of aryl methyl sites for hydroxylation is 1. The number of rotatable bonds is 24. The van der Waals surface area contributed by atoms with E-state index < -0.39 is 0 Å². The van der Waals surface area contributed by atoms with Crippen LogP contribution in [0.25, 0.3) is 0 Å². The fourth-order valence-corrected chi connectivity index (χ4v) is 4.97. The molecule has 2 aromatic carbocycles. The fourth-order valence-electron chi connectivity index (χ4n) is 4.97. The van der Waals surface area contributed by atoms with E-state index in [9.17, 15) is 0 Å². The molecule has 2 rings (SSSR count). The van der Waals surface area contributed by atoms with E-state index in [0.29, 0.717) is 0 Å². The van der Waals surface area contributed by atoms with Gasteiger partial charge < -0.3 is 4.74 Å². The SMILES string of the molecule is CCCCCCCCCCCCc1ccc(N=Cc2ccc(OCCCCCCCCCCC)cc2)cc1. The Kier molecular flexibility index (Phi) is 19.3. The van der Waals surface area contributed by atoms with Crippen molar-refractivity contribution in [2.75, 3.05) is 6.61 Å². The predicted molar refractivity (Wildman–Crippen MR) is 168 cm³/mol. The summed E-state index contributed by atoms with van der Waals surface area (Å²) in [6, 6.07) is 17.1. The van der Waals surface area contributed by atoms with Crippen LogP contribution in [0.5, 0.6) is 5.75 Å². The summed E-state index contributed by atoms with van der Waals surface area (Å²) < 4.78 is 5.93. The summed E-state index contributed by atoms with van der Waals surface area (Å²) in [6.07, 6.45) is 29.1. The quantitative estimate of drug-likeness (QED) is 0.0998. The number of hydrogen-bond acceptors (Lipinski definition) is 2. The van der Waals surface area contributed by atoms with Crippen LogP contribution in [0, 0.1) is 0 Å². The zero-order chi connectivity index (χ0) is 26.9. The minimum atomic E-state index is 0.814. The summed E-state index contributed by atoms with van der Waals surface area (Å²) in [4.78, 5) is 4.67. The molecule has 0 heterocycles. The third-order valence-electron chi connectivity index (χ3n) is 7.51. The van der Waals surface area contributed by atoms with Gasteiger partial charge in [-0.25, -0.2) is 0 Å². The summed E-state index contributed by atoms with van der Waals surface area (Å²) in [6.45, 7) is 5.38. The topological polar surface area (TPSA) is 21.6 Å². The van der Waals surface area contributed by atoms with Gasteiger partial charge in [0.2, 0.25) is 0 Å². The number of unbranched alkanes of at least 4 members (excludes halogenated alkanes) is 17. The second-order valence-corrected chi connectivity index (χ2v) is 11.1. The van der Waals surface area contributed by atoms with Crippen molar-refractivity contribution in [2.24, 2.45) is 4.99 Å². The highest BCUT2D eigenvalue weighted by Gasteiger charge is 1.98. The van der Waals surface area contributed by atoms with Gasteiger partial charge in [0.15, 0.2) is 0 Å². The van der Waals surface area contributed by atoms with Crippen molar-refractivity contribution in [2.45, 2.75) is 142 Å². The van der Waals surface area contributed by atoms with Crippen LogP contribution in [0.3, 0.4) is 0 Å². The molecule has 0 saturated heterocycles. The molecule has 0 aliphatic rings. The summed E-state index contributed by atoms with van der Waals surface area (Å²) in [7, 11) is 0. The lowest BCUT2D eigenvalue weighted by Crippen LogP contribution is -1.97. The Morgan fingerprint density at radius 2 is 1.00 bits per heavy atom. The molecule has 0 aliphatic heterocycles. The maximum atomic E-state index is 5.93. The van der Waals surface area contributed by atoms with Crippen LogP contribution in [-0.2, 0) is 6.42 Å². The monoisotopic (exact) mass is 519 g/mol. The Morgan fingerprint density at radius 1 is 0.526 bits per heavy atom. The lowest BCUT2D eigenvalue weighted by atomic mass is 10.0.